The first-order valence-corrected chi connectivity index (χ1v) is 9.58. The van der Waals surface area contributed by atoms with Crippen LogP contribution in [0.5, 0.6) is 11.5 Å². The second-order valence-electron chi connectivity index (χ2n) is 6.89. The fourth-order valence-electron chi connectivity index (χ4n) is 3.11. The van der Waals surface area contributed by atoms with E-state index in [1.165, 1.54) is 6.07 Å². The number of aliphatic hydroxyl groups is 1. The molecule has 0 aliphatic carbocycles. The molecule has 3 aromatic carbocycles. The van der Waals surface area contributed by atoms with Crippen LogP contribution in [-0.4, -0.2) is 36.4 Å². The van der Waals surface area contributed by atoms with Crippen LogP contribution < -0.4 is 9.47 Å². The van der Waals surface area contributed by atoms with Gasteiger partial charge >= 0.3 is 0 Å². The molecule has 1 atom stereocenters. The Labute approximate surface area is 171 Å². The van der Waals surface area contributed by atoms with E-state index in [0.29, 0.717) is 30.9 Å². The van der Waals surface area contributed by atoms with Crippen LogP contribution in [0.3, 0.4) is 0 Å². The first-order valence-electron chi connectivity index (χ1n) is 9.58. The smallest absolute Gasteiger partial charge is 0.127 e. The molecule has 0 aliphatic heterocycles. The van der Waals surface area contributed by atoms with Gasteiger partial charge < -0.3 is 14.6 Å². The molecule has 0 saturated carbocycles. The Bertz CT molecular complexity index is 871. The van der Waals surface area contributed by atoms with Gasteiger partial charge in [0.15, 0.2) is 0 Å². The number of hydrogen-bond donors (Lipinski definition) is 1. The highest BCUT2D eigenvalue weighted by Gasteiger charge is 2.15. The molecule has 0 amide bonds. The summed E-state index contributed by atoms with van der Waals surface area (Å²) in [6.45, 7) is 1.52. The van der Waals surface area contributed by atoms with Crippen LogP contribution in [0.1, 0.15) is 11.1 Å². The van der Waals surface area contributed by atoms with E-state index >= 15 is 0 Å². The van der Waals surface area contributed by atoms with E-state index in [2.05, 4.69) is 0 Å². The predicted octanol–water partition coefficient (Wildman–Crippen LogP) is 4.28. The van der Waals surface area contributed by atoms with Gasteiger partial charge in [-0.3, -0.25) is 4.90 Å². The molecule has 29 heavy (non-hydrogen) atoms. The zero-order valence-corrected chi connectivity index (χ0v) is 16.5. The Kier molecular flexibility index (Phi) is 7.61. The van der Waals surface area contributed by atoms with Crippen LogP contribution in [0.15, 0.2) is 78.9 Å². The minimum Gasteiger partial charge on any atom is -0.497 e. The fraction of sp³-hybridized carbons (Fsp3) is 0.250. The second-order valence-corrected chi connectivity index (χ2v) is 6.89. The molecule has 0 radical (unpaired) electrons. The van der Waals surface area contributed by atoms with Crippen LogP contribution in [0.25, 0.3) is 0 Å². The summed E-state index contributed by atoms with van der Waals surface area (Å²) < 4.78 is 24.9. The maximum absolute atomic E-state index is 14.1. The number of halogens is 1. The summed E-state index contributed by atoms with van der Waals surface area (Å²) in [5.41, 5.74) is 1.71. The van der Waals surface area contributed by atoms with Crippen molar-refractivity contribution in [2.45, 2.75) is 19.2 Å². The van der Waals surface area contributed by atoms with Gasteiger partial charge in [-0.05, 0) is 35.9 Å². The van der Waals surface area contributed by atoms with E-state index in [1.807, 2.05) is 53.4 Å². The monoisotopic (exact) mass is 395 g/mol. The van der Waals surface area contributed by atoms with Crippen molar-refractivity contribution in [1.82, 2.24) is 4.90 Å². The SMILES string of the molecule is COc1ccc(OC[C@H](O)CN(Cc2ccccc2)Cc2ccccc2F)cc1. The molecule has 0 fully saturated rings. The third-order valence-corrected chi connectivity index (χ3v) is 4.57. The van der Waals surface area contributed by atoms with Gasteiger partial charge in [0.05, 0.1) is 7.11 Å². The number of aliphatic hydroxyl groups excluding tert-OH is 1. The summed E-state index contributed by atoms with van der Waals surface area (Å²) in [5, 5.41) is 10.5. The van der Waals surface area contributed by atoms with Crippen molar-refractivity contribution in [2.75, 3.05) is 20.3 Å². The van der Waals surface area contributed by atoms with Crippen molar-refractivity contribution in [1.29, 1.82) is 0 Å². The Morgan fingerprint density at radius 2 is 1.52 bits per heavy atom. The predicted molar refractivity (Wildman–Crippen MR) is 111 cm³/mol. The second kappa shape index (κ2) is 10.6. The first kappa shape index (κ1) is 20.8. The summed E-state index contributed by atoms with van der Waals surface area (Å²) in [7, 11) is 1.61. The molecule has 0 aliphatic rings. The zero-order valence-electron chi connectivity index (χ0n) is 16.5. The molecule has 5 heteroatoms. The minimum atomic E-state index is -0.715. The normalized spacial score (nSPS) is 12.0. The maximum Gasteiger partial charge on any atom is 0.127 e. The van der Waals surface area contributed by atoms with Gasteiger partial charge in [0, 0.05) is 25.2 Å². The van der Waals surface area contributed by atoms with E-state index in [9.17, 15) is 9.50 Å². The zero-order chi connectivity index (χ0) is 20.5. The Balaban J connectivity index is 1.62. The van der Waals surface area contributed by atoms with Crippen LogP contribution in [-0.2, 0) is 13.1 Å². The van der Waals surface area contributed by atoms with Gasteiger partial charge in [0.1, 0.15) is 30.0 Å². The third-order valence-electron chi connectivity index (χ3n) is 4.57. The lowest BCUT2D eigenvalue weighted by Crippen LogP contribution is -2.35. The largest absolute Gasteiger partial charge is 0.497 e. The number of nitrogens with zero attached hydrogens (tertiary/aromatic N) is 1. The highest BCUT2D eigenvalue weighted by Crippen LogP contribution is 2.18. The number of ether oxygens (including phenoxy) is 2. The Morgan fingerprint density at radius 3 is 2.21 bits per heavy atom. The Morgan fingerprint density at radius 1 is 0.862 bits per heavy atom. The van der Waals surface area contributed by atoms with Gasteiger partial charge in [-0.25, -0.2) is 4.39 Å². The van der Waals surface area contributed by atoms with Gasteiger partial charge in [0.25, 0.3) is 0 Å². The highest BCUT2D eigenvalue weighted by molar-refractivity contribution is 5.31. The number of hydrogen-bond acceptors (Lipinski definition) is 4. The molecule has 3 aromatic rings. The molecule has 152 valence electrons. The van der Waals surface area contributed by atoms with E-state index in [0.717, 1.165) is 11.3 Å². The summed E-state index contributed by atoms with van der Waals surface area (Å²) in [6.07, 6.45) is -0.715. The summed E-state index contributed by atoms with van der Waals surface area (Å²) >= 11 is 0. The lowest BCUT2D eigenvalue weighted by molar-refractivity contribution is 0.0624. The van der Waals surface area contributed by atoms with Crippen molar-refractivity contribution in [3.63, 3.8) is 0 Å². The van der Waals surface area contributed by atoms with Crippen LogP contribution in [0.2, 0.25) is 0 Å². The summed E-state index contributed by atoms with van der Waals surface area (Å²) in [6, 6.07) is 23.9. The lowest BCUT2D eigenvalue weighted by atomic mass is 10.1. The van der Waals surface area contributed by atoms with Gasteiger partial charge in [-0.15, -0.1) is 0 Å². The van der Waals surface area contributed by atoms with E-state index in [1.54, 1.807) is 31.4 Å². The summed E-state index contributed by atoms with van der Waals surface area (Å²) in [4.78, 5) is 2.02. The average Bonchev–Trinajstić information content (AvgIpc) is 2.75. The van der Waals surface area contributed by atoms with Crippen molar-refractivity contribution in [3.8, 4) is 11.5 Å². The van der Waals surface area contributed by atoms with Crippen LogP contribution in [0.4, 0.5) is 4.39 Å². The molecule has 3 rings (SSSR count). The quantitative estimate of drug-likeness (QED) is 0.557. The van der Waals surface area contributed by atoms with E-state index < -0.39 is 6.10 Å². The van der Waals surface area contributed by atoms with Crippen LogP contribution >= 0.6 is 0 Å². The number of rotatable bonds is 10. The van der Waals surface area contributed by atoms with Crippen molar-refractivity contribution >= 4 is 0 Å². The number of methoxy groups -OCH3 is 1. The first-order chi connectivity index (χ1) is 14.1. The molecule has 0 aromatic heterocycles. The fourth-order valence-corrected chi connectivity index (χ4v) is 3.11. The average molecular weight is 395 g/mol. The minimum absolute atomic E-state index is 0.148. The van der Waals surface area contributed by atoms with Crippen molar-refractivity contribution < 1.29 is 19.0 Å². The van der Waals surface area contributed by atoms with Crippen molar-refractivity contribution in [2.24, 2.45) is 0 Å². The molecule has 0 unspecified atom stereocenters. The van der Waals surface area contributed by atoms with Crippen LogP contribution in [0, 0.1) is 5.82 Å². The molecule has 0 saturated heterocycles. The Hall–Kier alpha value is -2.89. The van der Waals surface area contributed by atoms with Gasteiger partial charge in [-0.2, -0.15) is 0 Å². The van der Waals surface area contributed by atoms with Gasteiger partial charge in [-0.1, -0.05) is 48.5 Å². The van der Waals surface area contributed by atoms with Crippen molar-refractivity contribution in [3.05, 3.63) is 95.8 Å². The highest BCUT2D eigenvalue weighted by atomic mass is 19.1. The number of benzene rings is 3. The molecular formula is C24H26FNO3. The lowest BCUT2D eigenvalue weighted by Gasteiger charge is -2.25. The third kappa shape index (κ3) is 6.59. The molecule has 0 bridgehead atoms. The molecule has 1 N–H and O–H groups in total. The maximum atomic E-state index is 14.1. The molecule has 0 heterocycles. The topological polar surface area (TPSA) is 41.9 Å². The summed E-state index contributed by atoms with van der Waals surface area (Å²) in [5.74, 6) is 1.17. The molecule has 4 nitrogen and oxygen atoms in total. The van der Waals surface area contributed by atoms with E-state index in [-0.39, 0.29) is 12.4 Å². The molecular weight excluding hydrogens is 369 g/mol. The standard InChI is InChI=1S/C24H26FNO3/c1-28-22-11-13-23(14-12-22)29-18-21(27)17-26(15-19-7-3-2-4-8-19)16-20-9-5-6-10-24(20)25/h2-14,21,27H,15-18H2,1H3/t21-/m1/s1. The van der Waals surface area contributed by atoms with Gasteiger partial charge in [0.2, 0.25) is 0 Å². The van der Waals surface area contributed by atoms with E-state index in [4.69, 9.17) is 9.47 Å². The molecule has 0 spiro atoms.